The largest absolute Gasteiger partial charge is 0.497 e. The fraction of sp³-hybridized carbons (Fsp3) is 0.391. The summed E-state index contributed by atoms with van der Waals surface area (Å²) in [4.78, 5) is 14.3. The Kier molecular flexibility index (Phi) is 5.59. The SMILES string of the molecule is COCCCN1CN=C2N[C@H](c3ccc(OC)cc3OC)n3c(nc4ccccc43)N2C1. The van der Waals surface area contributed by atoms with E-state index in [0.717, 1.165) is 59.6 Å². The minimum absolute atomic E-state index is 0.215. The number of aromatic nitrogens is 2. The van der Waals surface area contributed by atoms with Crippen molar-refractivity contribution in [2.24, 2.45) is 4.99 Å². The number of nitrogens with zero attached hydrogens (tertiary/aromatic N) is 5. The molecule has 5 rings (SSSR count). The number of ether oxygens (including phenoxy) is 3. The molecule has 0 radical (unpaired) electrons. The molecular weight excluding hydrogens is 408 g/mol. The first-order valence-electron chi connectivity index (χ1n) is 10.7. The highest BCUT2D eigenvalue weighted by atomic mass is 16.5. The molecule has 2 aliphatic rings. The van der Waals surface area contributed by atoms with Crippen LogP contribution in [0.1, 0.15) is 18.2 Å². The molecule has 2 aliphatic heterocycles. The average Bonchev–Trinajstić information content (AvgIpc) is 3.23. The lowest BCUT2D eigenvalue weighted by Crippen LogP contribution is -2.57. The van der Waals surface area contributed by atoms with E-state index in [1.54, 1.807) is 21.3 Å². The maximum atomic E-state index is 5.73. The lowest BCUT2D eigenvalue weighted by molar-refractivity contribution is 0.171. The van der Waals surface area contributed by atoms with Gasteiger partial charge >= 0.3 is 0 Å². The van der Waals surface area contributed by atoms with Crippen molar-refractivity contribution in [2.75, 3.05) is 52.7 Å². The third kappa shape index (κ3) is 3.53. The third-order valence-corrected chi connectivity index (χ3v) is 5.92. The van der Waals surface area contributed by atoms with Crippen molar-refractivity contribution in [1.29, 1.82) is 0 Å². The Morgan fingerprint density at radius 1 is 1.09 bits per heavy atom. The Labute approximate surface area is 187 Å². The summed E-state index contributed by atoms with van der Waals surface area (Å²) in [6.07, 6.45) is 0.748. The number of aliphatic imine (C=N–C) groups is 1. The van der Waals surface area contributed by atoms with Crippen molar-refractivity contribution in [3.05, 3.63) is 48.0 Å². The van der Waals surface area contributed by atoms with Crippen molar-refractivity contribution >= 4 is 22.9 Å². The fourth-order valence-electron chi connectivity index (χ4n) is 4.34. The molecule has 0 spiro atoms. The zero-order valence-electron chi connectivity index (χ0n) is 18.6. The Morgan fingerprint density at radius 2 is 1.97 bits per heavy atom. The molecule has 32 heavy (non-hydrogen) atoms. The standard InChI is InChI=1S/C23H28N6O3/c1-30-12-6-11-27-14-24-22-26-21(17-10-9-16(31-2)13-20(17)32-3)29-19-8-5-4-7-18(19)25-23(29)28(22)15-27/h4-5,7-10,13,21H,6,11-12,14-15H2,1-3H3,(H,24,26)/t21-/m0/s1. The molecule has 0 aliphatic carbocycles. The number of imidazole rings is 1. The number of hydrogen-bond donors (Lipinski definition) is 1. The number of methoxy groups -OCH3 is 3. The Bertz CT molecular complexity index is 1140. The monoisotopic (exact) mass is 436 g/mol. The summed E-state index contributed by atoms with van der Waals surface area (Å²) in [7, 11) is 5.06. The highest BCUT2D eigenvalue weighted by Crippen LogP contribution is 2.38. The van der Waals surface area contributed by atoms with Gasteiger partial charge in [0.15, 0.2) is 0 Å². The zero-order chi connectivity index (χ0) is 22.1. The van der Waals surface area contributed by atoms with E-state index in [0.29, 0.717) is 13.3 Å². The molecule has 3 aromatic rings. The average molecular weight is 437 g/mol. The van der Waals surface area contributed by atoms with E-state index >= 15 is 0 Å². The molecule has 9 heteroatoms. The second-order valence-corrected chi connectivity index (χ2v) is 7.86. The van der Waals surface area contributed by atoms with Gasteiger partial charge in [-0.1, -0.05) is 12.1 Å². The first kappa shape index (κ1) is 20.6. The van der Waals surface area contributed by atoms with Crippen molar-refractivity contribution in [3.63, 3.8) is 0 Å². The van der Waals surface area contributed by atoms with Crippen molar-refractivity contribution < 1.29 is 14.2 Å². The first-order valence-corrected chi connectivity index (χ1v) is 10.7. The Morgan fingerprint density at radius 3 is 2.78 bits per heavy atom. The topological polar surface area (TPSA) is 76.4 Å². The lowest BCUT2D eigenvalue weighted by Gasteiger charge is -2.42. The molecule has 0 saturated carbocycles. The van der Waals surface area contributed by atoms with Crippen LogP contribution in [0, 0.1) is 0 Å². The van der Waals surface area contributed by atoms with Crippen LogP contribution >= 0.6 is 0 Å². The van der Waals surface area contributed by atoms with Crippen LogP contribution in [0.15, 0.2) is 47.5 Å². The molecule has 168 valence electrons. The molecule has 0 amide bonds. The molecule has 9 nitrogen and oxygen atoms in total. The van der Waals surface area contributed by atoms with Crippen LogP contribution in [-0.2, 0) is 4.74 Å². The van der Waals surface area contributed by atoms with E-state index < -0.39 is 0 Å². The van der Waals surface area contributed by atoms with Gasteiger partial charge in [0.25, 0.3) is 0 Å². The summed E-state index contributed by atoms with van der Waals surface area (Å²) in [6.45, 7) is 3.00. The van der Waals surface area contributed by atoms with E-state index in [1.165, 1.54) is 0 Å². The molecule has 1 N–H and O–H groups in total. The molecule has 0 bridgehead atoms. The van der Waals surface area contributed by atoms with E-state index in [-0.39, 0.29) is 6.17 Å². The van der Waals surface area contributed by atoms with Gasteiger partial charge in [-0.2, -0.15) is 0 Å². The number of benzene rings is 2. The van der Waals surface area contributed by atoms with Gasteiger partial charge in [0.1, 0.15) is 17.7 Å². The van der Waals surface area contributed by atoms with Gasteiger partial charge < -0.3 is 19.5 Å². The number of nitrogens with one attached hydrogen (secondary N) is 1. The zero-order valence-corrected chi connectivity index (χ0v) is 18.6. The molecule has 3 heterocycles. The molecule has 1 aromatic heterocycles. The molecular formula is C23H28N6O3. The summed E-state index contributed by atoms with van der Waals surface area (Å²) in [5.41, 5.74) is 2.98. The number of guanidine groups is 1. The van der Waals surface area contributed by atoms with Crippen molar-refractivity contribution in [1.82, 2.24) is 19.8 Å². The highest BCUT2D eigenvalue weighted by molar-refractivity contribution is 5.99. The van der Waals surface area contributed by atoms with Crippen molar-refractivity contribution in [2.45, 2.75) is 12.6 Å². The van der Waals surface area contributed by atoms with Crippen LogP contribution in [0.4, 0.5) is 5.95 Å². The van der Waals surface area contributed by atoms with Gasteiger partial charge in [-0.05, 0) is 30.7 Å². The lowest BCUT2D eigenvalue weighted by atomic mass is 10.1. The molecule has 0 saturated heterocycles. The van der Waals surface area contributed by atoms with Gasteiger partial charge in [-0.25, -0.2) is 9.98 Å². The predicted molar refractivity (Wildman–Crippen MR) is 123 cm³/mol. The minimum Gasteiger partial charge on any atom is -0.497 e. The number of anilines is 1. The summed E-state index contributed by atoms with van der Waals surface area (Å²) in [6, 6.07) is 14.1. The minimum atomic E-state index is -0.215. The Hall–Kier alpha value is -3.30. The van der Waals surface area contributed by atoms with Crippen LogP contribution in [0.2, 0.25) is 0 Å². The summed E-state index contributed by atoms with van der Waals surface area (Å²) in [5, 5.41) is 3.63. The second-order valence-electron chi connectivity index (χ2n) is 7.86. The van der Waals surface area contributed by atoms with Gasteiger partial charge in [-0.15, -0.1) is 0 Å². The van der Waals surface area contributed by atoms with E-state index in [1.807, 2.05) is 36.4 Å². The van der Waals surface area contributed by atoms with Crippen LogP contribution in [0.3, 0.4) is 0 Å². The smallest absolute Gasteiger partial charge is 0.216 e. The number of para-hydroxylation sites is 2. The number of hydrogen-bond acceptors (Lipinski definition) is 8. The number of rotatable bonds is 7. The maximum absolute atomic E-state index is 5.73. The number of fused-ring (bicyclic) bond motifs is 5. The van der Waals surface area contributed by atoms with Crippen molar-refractivity contribution in [3.8, 4) is 11.5 Å². The van der Waals surface area contributed by atoms with Gasteiger partial charge in [0.2, 0.25) is 11.9 Å². The summed E-state index contributed by atoms with van der Waals surface area (Å²) < 4.78 is 18.6. The van der Waals surface area contributed by atoms with Gasteiger partial charge in [0.05, 0.1) is 38.6 Å². The quantitative estimate of drug-likeness (QED) is 0.571. The van der Waals surface area contributed by atoms with Gasteiger partial charge in [0, 0.05) is 31.9 Å². The van der Waals surface area contributed by atoms with E-state index in [9.17, 15) is 0 Å². The normalized spacial score (nSPS) is 18.0. The Balaban J connectivity index is 1.59. The predicted octanol–water partition coefficient (Wildman–Crippen LogP) is 2.63. The maximum Gasteiger partial charge on any atom is 0.216 e. The molecule has 0 unspecified atom stereocenters. The highest BCUT2D eigenvalue weighted by Gasteiger charge is 2.36. The molecule has 2 aromatic carbocycles. The van der Waals surface area contributed by atoms with Crippen LogP contribution < -0.4 is 19.7 Å². The van der Waals surface area contributed by atoms with E-state index in [2.05, 4.69) is 25.8 Å². The van der Waals surface area contributed by atoms with Crippen LogP contribution in [0.5, 0.6) is 11.5 Å². The van der Waals surface area contributed by atoms with Crippen LogP contribution in [-0.4, -0.2) is 68.2 Å². The van der Waals surface area contributed by atoms with Gasteiger partial charge in [-0.3, -0.25) is 14.4 Å². The second kappa shape index (κ2) is 8.68. The fourth-order valence-corrected chi connectivity index (χ4v) is 4.34. The van der Waals surface area contributed by atoms with Crippen LogP contribution in [0.25, 0.3) is 11.0 Å². The summed E-state index contributed by atoms with van der Waals surface area (Å²) >= 11 is 0. The molecule has 0 fully saturated rings. The first-order chi connectivity index (χ1) is 15.7. The van der Waals surface area contributed by atoms with E-state index in [4.69, 9.17) is 24.2 Å². The third-order valence-electron chi connectivity index (χ3n) is 5.92. The summed E-state index contributed by atoms with van der Waals surface area (Å²) in [5.74, 6) is 3.18. The molecule has 1 atom stereocenters.